The Morgan fingerprint density at radius 3 is 3.22 bits per heavy atom. The quantitative estimate of drug-likeness (QED) is 0.806. The van der Waals surface area contributed by atoms with E-state index in [-0.39, 0.29) is 0 Å². The zero-order valence-electron chi connectivity index (χ0n) is 9.44. The van der Waals surface area contributed by atoms with Crippen LogP contribution in [0.3, 0.4) is 0 Å². The fourth-order valence-corrected chi connectivity index (χ4v) is 3.35. The third-order valence-electron chi connectivity index (χ3n) is 2.76. The van der Waals surface area contributed by atoms with Gasteiger partial charge in [0.25, 0.3) is 0 Å². The van der Waals surface area contributed by atoms with Crippen LogP contribution < -0.4 is 4.74 Å². The molecule has 2 aromatic rings. The summed E-state index contributed by atoms with van der Waals surface area (Å²) >= 11 is 5.09. The first kappa shape index (κ1) is 11.7. The van der Waals surface area contributed by atoms with E-state index in [1.807, 2.05) is 18.2 Å². The van der Waals surface area contributed by atoms with Crippen LogP contribution in [0.5, 0.6) is 5.75 Å². The SMILES string of the molecule is N#CCc1nc2c(s1)CCOc1ccc(Br)cc1-2. The first-order valence-electron chi connectivity index (χ1n) is 5.56. The van der Waals surface area contributed by atoms with Gasteiger partial charge in [0.05, 0.1) is 24.8 Å². The number of thiazole rings is 1. The maximum Gasteiger partial charge on any atom is 0.128 e. The van der Waals surface area contributed by atoms with E-state index in [2.05, 4.69) is 27.0 Å². The van der Waals surface area contributed by atoms with Crippen LogP contribution in [0.2, 0.25) is 0 Å². The molecule has 0 radical (unpaired) electrons. The largest absolute Gasteiger partial charge is 0.493 e. The molecule has 5 heteroatoms. The number of hydrogen-bond acceptors (Lipinski definition) is 4. The van der Waals surface area contributed by atoms with E-state index in [0.717, 1.165) is 32.9 Å². The van der Waals surface area contributed by atoms with Crippen molar-refractivity contribution in [2.75, 3.05) is 6.61 Å². The summed E-state index contributed by atoms with van der Waals surface area (Å²) in [5.41, 5.74) is 1.98. The van der Waals surface area contributed by atoms with Gasteiger partial charge in [-0.05, 0) is 18.2 Å². The Hall–Kier alpha value is -1.38. The topological polar surface area (TPSA) is 45.9 Å². The molecule has 90 valence electrons. The minimum absolute atomic E-state index is 0.377. The summed E-state index contributed by atoms with van der Waals surface area (Å²) in [6.07, 6.45) is 1.23. The van der Waals surface area contributed by atoms with Crippen LogP contribution >= 0.6 is 27.3 Å². The van der Waals surface area contributed by atoms with Gasteiger partial charge in [-0.25, -0.2) is 4.98 Å². The number of hydrogen-bond donors (Lipinski definition) is 0. The highest BCUT2D eigenvalue weighted by Crippen LogP contribution is 2.38. The minimum Gasteiger partial charge on any atom is -0.493 e. The van der Waals surface area contributed by atoms with Crippen molar-refractivity contribution in [3.05, 3.63) is 32.6 Å². The summed E-state index contributed by atoms with van der Waals surface area (Å²) in [7, 11) is 0. The van der Waals surface area contributed by atoms with E-state index in [4.69, 9.17) is 10.00 Å². The van der Waals surface area contributed by atoms with E-state index >= 15 is 0 Å². The van der Waals surface area contributed by atoms with Crippen LogP contribution in [0.15, 0.2) is 22.7 Å². The minimum atomic E-state index is 0.377. The number of ether oxygens (including phenoxy) is 1. The molecule has 0 N–H and O–H groups in total. The molecule has 0 saturated heterocycles. The van der Waals surface area contributed by atoms with Gasteiger partial charge in [-0.1, -0.05) is 15.9 Å². The average molecular weight is 321 g/mol. The van der Waals surface area contributed by atoms with Crippen molar-refractivity contribution in [2.45, 2.75) is 12.8 Å². The van der Waals surface area contributed by atoms with Gasteiger partial charge in [-0.2, -0.15) is 5.26 Å². The second-order valence-corrected chi connectivity index (χ2v) is 6.04. The van der Waals surface area contributed by atoms with E-state index in [0.29, 0.717) is 13.0 Å². The summed E-state index contributed by atoms with van der Waals surface area (Å²) in [5.74, 6) is 0.866. The second kappa shape index (κ2) is 4.71. The van der Waals surface area contributed by atoms with Gasteiger partial charge in [-0.15, -0.1) is 11.3 Å². The highest BCUT2D eigenvalue weighted by molar-refractivity contribution is 9.10. The van der Waals surface area contributed by atoms with Gasteiger partial charge in [0.1, 0.15) is 10.8 Å². The van der Waals surface area contributed by atoms with E-state index < -0.39 is 0 Å². The van der Waals surface area contributed by atoms with Crippen LogP contribution in [0.1, 0.15) is 9.88 Å². The molecule has 18 heavy (non-hydrogen) atoms. The zero-order valence-corrected chi connectivity index (χ0v) is 11.8. The van der Waals surface area contributed by atoms with Gasteiger partial charge in [-0.3, -0.25) is 0 Å². The van der Waals surface area contributed by atoms with E-state index in [1.165, 1.54) is 4.88 Å². The Morgan fingerprint density at radius 2 is 2.39 bits per heavy atom. The van der Waals surface area contributed by atoms with E-state index in [1.54, 1.807) is 11.3 Å². The molecule has 0 amide bonds. The number of halogens is 1. The molecular weight excluding hydrogens is 312 g/mol. The van der Waals surface area contributed by atoms with Crippen molar-refractivity contribution in [3.8, 4) is 23.1 Å². The summed E-state index contributed by atoms with van der Waals surface area (Å²) in [6.45, 7) is 0.663. The Labute approximate surface area is 117 Å². The predicted molar refractivity (Wildman–Crippen MR) is 73.8 cm³/mol. The summed E-state index contributed by atoms with van der Waals surface area (Å²) < 4.78 is 6.73. The highest BCUT2D eigenvalue weighted by atomic mass is 79.9. The lowest BCUT2D eigenvalue weighted by molar-refractivity contribution is 0.327. The Kier molecular flexibility index (Phi) is 3.06. The molecule has 3 nitrogen and oxygen atoms in total. The summed E-state index contributed by atoms with van der Waals surface area (Å²) in [5, 5.41) is 9.64. The van der Waals surface area contributed by atoms with Crippen LogP contribution in [-0.2, 0) is 12.8 Å². The predicted octanol–water partition coefficient (Wildman–Crippen LogP) is 3.57. The molecule has 0 spiro atoms. The monoisotopic (exact) mass is 320 g/mol. The van der Waals surface area contributed by atoms with Gasteiger partial charge in [0, 0.05) is 21.3 Å². The normalized spacial score (nSPS) is 12.9. The lowest BCUT2D eigenvalue weighted by Gasteiger charge is -2.06. The Bertz CT molecular complexity index is 645. The van der Waals surface area contributed by atoms with Crippen LogP contribution in [0.4, 0.5) is 0 Å². The van der Waals surface area contributed by atoms with Crippen LogP contribution in [-0.4, -0.2) is 11.6 Å². The molecule has 0 fully saturated rings. The molecular formula is C13H9BrN2OS. The van der Waals surface area contributed by atoms with Crippen molar-refractivity contribution in [1.82, 2.24) is 4.98 Å². The molecule has 2 heterocycles. The maximum absolute atomic E-state index is 8.76. The first-order chi connectivity index (χ1) is 8.78. The molecule has 0 aliphatic carbocycles. The first-order valence-corrected chi connectivity index (χ1v) is 7.17. The molecule has 0 bridgehead atoms. The van der Waals surface area contributed by atoms with Crippen LogP contribution in [0.25, 0.3) is 11.3 Å². The Morgan fingerprint density at radius 1 is 1.50 bits per heavy atom. The maximum atomic E-state index is 8.76. The van der Waals surface area contributed by atoms with Crippen molar-refractivity contribution in [2.24, 2.45) is 0 Å². The molecule has 1 aromatic heterocycles. The van der Waals surface area contributed by atoms with Gasteiger partial charge in [0.15, 0.2) is 0 Å². The van der Waals surface area contributed by atoms with Crippen molar-refractivity contribution >= 4 is 27.3 Å². The third-order valence-corrected chi connectivity index (χ3v) is 4.36. The lowest BCUT2D eigenvalue weighted by atomic mass is 10.1. The second-order valence-electron chi connectivity index (χ2n) is 3.95. The number of aromatic nitrogens is 1. The smallest absolute Gasteiger partial charge is 0.128 e. The molecule has 0 unspecified atom stereocenters. The fourth-order valence-electron chi connectivity index (χ4n) is 1.99. The highest BCUT2D eigenvalue weighted by Gasteiger charge is 2.20. The number of fused-ring (bicyclic) bond motifs is 3. The molecule has 3 rings (SSSR count). The Balaban J connectivity index is 2.17. The molecule has 1 aliphatic heterocycles. The molecule has 1 aromatic carbocycles. The fraction of sp³-hybridized carbons (Fsp3) is 0.231. The molecule has 0 saturated carbocycles. The third kappa shape index (κ3) is 2.02. The number of nitrogens with zero attached hydrogens (tertiary/aromatic N) is 2. The zero-order chi connectivity index (χ0) is 12.5. The molecule has 0 atom stereocenters. The van der Waals surface area contributed by atoms with Gasteiger partial charge in [0.2, 0.25) is 0 Å². The van der Waals surface area contributed by atoms with Gasteiger partial charge >= 0.3 is 0 Å². The average Bonchev–Trinajstić information content (AvgIpc) is 2.67. The standard InChI is InChI=1S/C13H9BrN2OS/c14-8-1-2-10-9(7-8)13-11(4-6-17-10)18-12(16-13)3-5-15/h1-2,7H,3-4,6H2. The van der Waals surface area contributed by atoms with Crippen molar-refractivity contribution < 1.29 is 4.74 Å². The summed E-state index contributed by atoms with van der Waals surface area (Å²) in [4.78, 5) is 5.78. The number of rotatable bonds is 1. The molecule has 1 aliphatic rings. The summed E-state index contributed by atoms with van der Waals surface area (Å²) in [6, 6.07) is 8.10. The van der Waals surface area contributed by atoms with Gasteiger partial charge < -0.3 is 4.74 Å². The van der Waals surface area contributed by atoms with Crippen molar-refractivity contribution in [1.29, 1.82) is 5.26 Å². The van der Waals surface area contributed by atoms with Crippen molar-refractivity contribution in [3.63, 3.8) is 0 Å². The van der Waals surface area contributed by atoms with E-state index in [9.17, 15) is 0 Å². The number of benzene rings is 1. The lowest BCUT2D eigenvalue weighted by Crippen LogP contribution is -1.97. The number of nitriles is 1. The van der Waals surface area contributed by atoms with Crippen LogP contribution in [0, 0.1) is 11.3 Å².